The minimum atomic E-state index is 0.0494. The summed E-state index contributed by atoms with van der Waals surface area (Å²) in [5.74, 6) is 0.867. The van der Waals surface area contributed by atoms with E-state index in [1.807, 2.05) is 0 Å². The summed E-state index contributed by atoms with van der Waals surface area (Å²) in [6, 6.07) is 0.539. The van der Waals surface area contributed by atoms with E-state index in [4.69, 9.17) is 0 Å². The topological polar surface area (TPSA) is 50.7 Å². The van der Waals surface area contributed by atoms with E-state index in [1.165, 1.54) is 12.8 Å². The van der Waals surface area contributed by atoms with Crippen molar-refractivity contribution in [1.29, 1.82) is 0 Å². The predicted octanol–water partition coefficient (Wildman–Crippen LogP) is 1.46. The first-order valence-corrected chi connectivity index (χ1v) is 5.98. The first kappa shape index (κ1) is 11.5. The van der Waals surface area contributed by atoms with Crippen molar-refractivity contribution < 1.29 is 0 Å². The molecule has 88 valence electrons. The van der Waals surface area contributed by atoms with Gasteiger partial charge in [0, 0.05) is 17.9 Å². The molecule has 1 N–H and O–H groups in total. The summed E-state index contributed by atoms with van der Waals surface area (Å²) in [4.78, 5) is 4.59. The minimum absolute atomic E-state index is 0.0494. The molecular weight excluding hydrogens is 200 g/mol. The summed E-state index contributed by atoms with van der Waals surface area (Å²) >= 11 is 0. The fraction of sp³-hybridized carbons (Fsp3) is 0.750. The molecule has 1 fully saturated rings. The molecule has 0 radical (unpaired) electrons. The maximum Gasteiger partial charge on any atom is 0.152 e. The molecule has 16 heavy (non-hydrogen) atoms. The van der Waals surface area contributed by atoms with Crippen molar-refractivity contribution >= 4 is 0 Å². The average molecular weight is 220 g/mol. The molecule has 1 saturated heterocycles. The Labute approximate surface area is 96.9 Å². The number of nitrogens with one attached hydrogen (secondary N) is 1. The highest BCUT2D eigenvalue weighted by atomic mass is 15.1. The van der Waals surface area contributed by atoms with Crippen LogP contribution >= 0.6 is 0 Å². The van der Waals surface area contributed by atoms with Gasteiger partial charge < -0.3 is 5.32 Å². The van der Waals surface area contributed by atoms with Crippen molar-refractivity contribution in [2.24, 2.45) is 0 Å². The normalized spacial score (nSPS) is 21.3. The van der Waals surface area contributed by atoms with Crippen molar-refractivity contribution in [1.82, 2.24) is 20.5 Å². The fourth-order valence-electron chi connectivity index (χ4n) is 1.94. The van der Waals surface area contributed by atoms with Crippen LogP contribution in [0.5, 0.6) is 0 Å². The molecule has 1 atom stereocenters. The maximum atomic E-state index is 4.59. The Morgan fingerprint density at radius 3 is 2.88 bits per heavy atom. The van der Waals surface area contributed by atoms with Gasteiger partial charge in [0.15, 0.2) is 5.82 Å². The molecule has 1 aliphatic rings. The van der Waals surface area contributed by atoms with Gasteiger partial charge in [-0.15, -0.1) is 5.10 Å². The second-order valence-electron chi connectivity index (χ2n) is 5.51. The van der Waals surface area contributed by atoms with Gasteiger partial charge in [-0.3, -0.25) is 0 Å². The molecule has 1 aromatic heterocycles. The minimum Gasteiger partial charge on any atom is -0.314 e. The highest BCUT2D eigenvalue weighted by Gasteiger charge is 2.19. The molecule has 0 saturated carbocycles. The molecular formula is C12H20N4. The summed E-state index contributed by atoms with van der Waals surface area (Å²) in [5, 5.41) is 11.6. The van der Waals surface area contributed by atoms with Gasteiger partial charge >= 0.3 is 0 Å². The van der Waals surface area contributed by atoms with Gasteiger partial charge in [-0.2, -0.15) is 5.10 Å². The van der Waals surface area contributed by atoms with Crippen molar-refractivity contribution in [3.63, 3.8) is 0 Å². The van der Waals surface area contributed by atoms with Gasteiger partial charge in [0.05, 0.1) is 11.9 Å². The largest absolute Gasteiger partial charge is 0.314 e. The van der Waals surface area contributed by atoms with E-state index in [0.717, 1.165) is 24.5 Å². The third-order valence-corrected chi connectivity index (χ3v) is 2.96. The summed E-state index contributed by atoms with van der Waals surface area (Å²) in [6.45, 7) is 7.56. The fourth-order valence-corrected chi connectivity index (χ4v) is 1.94. The maximum absolute atomic E-state index is 4.59. The van der Waals surface area contributed by atoms with Crippen LogP contribution in [-0.4, -0.2) is 27.8 Å². The molecule has 0 aromatic carbocycles. The molecule has 2 heterocycles. The molecule has 1 aliphatic heterocycles. The zero-order chi connectivity index (χ0) is 11.6. The van der Waals surface area contributed by atoms with E-state index in [-0.39, 0.29) is 5.41 Å². The van der Waals surface area contributed by atoms with Crippen molar-refractivity contribution in [3.05, 3.63) is 17.7 Å². The van der Waals surface area contributed by atoms with Crippen LogP contribution in [0.2, 0.25) is 0 Å². The molecule has 2 rings (SSSR count). The Bertz CT molecular complexity index is 350. The van der Waals surface area contributed by atoms with Crippen LogP contribution < -0.4 is 5.32 Å². The molecule has 0 aliphatic carbocycles. The zero-order valence-electron chi connectivity index (χ0n) is 10.3. The number of aromatic nitrogens is 3. The van der Waals surface area contributed by atoms with Crippen molar-refractivity contribution in [2.75, 3.05) is 6.54 Å². The third-order valence-electron chi connectivity index (χ3n) is 2.96. The summed E-state index contributed by atoms with van der Waals surface area (Å²) in [7, 11) is 0. The van der Waals surface area contributed by atoms with Crippen molar-refractivity contribution in [3.8, 4) is 0 Å². The van der Waals surface area contributed by atoms with Gasteiger partial charge in [-0.1, -0.05) is 20.8 Å². The van der Waals surface area contributed by atoms with Crippen LogP contribution in [-0.2, 0) is 11.8 Å². The lowest BCUT2D eigenvalue weighted by atomic mass is 9.93. The monoisotopic (exact) mass is 220 g/mol. The molecule has 0 amide bonds. The molecule has 1 unspecified atom stereocenters. The Morgan fingerprint density at radius 2 is 2.25 bits per heavy atom. The van der Waals surface area contributed by atoms with Gasteiger partial charge in [-0.05, 0) is 19.4 Å². The molecule has 4 nitrogen and oxygen atoms in total. The van der Waals surface area contributed by atoms with E-state index in [1.54, 1.807) is 6.20 Å². The number of hydrogen-bond donors (Lipinski definition) is 1. The molecule has 0 bridgehead atoms. The summed E-state index contributed by atoms with van der Waals surface area (Å²) < 4.78 is 0. The van der Waals surface area contributed by atoms with Gasteiger partial charge in [0.25, 0.3) is 0 Å². The van der Waals surface area contributed by atoms with E-state index in [2.05, 4.69) is 41.3 Å². The first-order valence-electron chi connectivity index (χ1n) is 5.98. The Balaban J connectivity index is 2.09. The van der Waals surface area contributed by atoms with Gasteiger partial charge in [0.1, 0.15) is 0 Å². The van der Waals surface area contributed by atoms with Gasteiger partial charge in [0.2, 0.25) is 0 Å². The predicted molar refractivity (Wildman–Crippen MR) is 63.3 cm³/mol. The van der Waals surface area contributed by atoms with Crippen LogP contribution in [0.25, 0.3) is 0 Å². The van der Waals surface area contributed by atoms with Crippen LogP contribution in [0.3, 0.4) is 0 Å². The lowest BCUT2D eigenvalue weighted by Crippen LogP contribution is -2.26. The van der Waals surface area contributed by atoms with E-state index in [9.17, 15) is 0 Å². The number of rotatable bonds is 2. The molecule has 0 spiro atoms. The summed E-state index contributed by atoms with van der Waals surface area (Å²) in [5.41, 5.74) is 1.07. The van der Waals surface area contributed by atoms with Crippen LogP contribution in [0, 0.1) is 0 Å². The lowest BCUT2D eigenvalue weighted by molar-refractivity contribution is 0.535. The smallest absolute Gasteiger partial charge is 0.152 e. The van der Waals surface area contributed by atoms with E-state index in [0.29, 0.717) is 6.04 Å². The van der Waals surface area contributed by atoms with E-state index >= 15 is 0 Å². The average Bonchev–Trinajstić information content (AvgIpc) is 2.70. The standard InChI is InChI=1S/C12H20N4/c1-12(2,3)10-8-14-16-11(15-10)7-9-5-4-6-13-9/h8-9,13H,4-7H2,1-3H3. The summed E-state index contributed by atoms with van der Waals surface area (Å²) in [6.07, 6.45) is 5.16. The van der Waals surface area contributed by atoms with Crippen LogP contribution in [0.4, 0.5) is 0 Å². The Morgan fingerprint density at radius 1 is 1.44 bits per heavy atom. The SMILES string of the molecule is CC(C)(C)c1cnnc(CC2CCCN2)n1. The second kappa shape index (κ2) is 4.45. The van der Waals surface area contributed by atoms with Crippen LogP contribution in [0.1, 0.15) is 45.1 Å². The lowest BCUT2D eigenvalue weighted by Gasteiger charge is -2.17. The second-order valence-corrected chi connectivity index (χ2v) is 5.51. The molecule has 1 aromatic rings. The quantitative estimate of drug-likeness (QED) is 0.820. The highest BCUT2D eigenvalue weighted by Crippen LogP contribution is 2.19. The first-order chi connectivity index (χ1) is 7.55. The highest BCUT2D eigenvalue weighted by molar-refractivity contribution is 5.08. The Kier molecular flexibility index (Phi) is 3.19. The third kappa shape index (κ3) is 2.76. The van der Waals surface area contributed by atoms with Crippen molar-refractivity contribution in [2.45, 2.75) is 51.5 Å². The van der Waals surface area contributed by atoms with E-state index < -0.39 is 0 Å². The number of nitrogens with zero attached hydrogens (tertiary/aromatic N) is 3. The molecule has 4 heteroatoms. The number of hydrogen-bond acceptors (Lipinski definition) is 4. The Hall–Kier alpha value is -1.03. The zero-order valence-corrected chi connectivity index (χ0v) is 10.3. The van der Waals surface area contributed by atoms with Gasteiger partial charge in [-0.25, -0.2) is 4.98 Å². The van der Waals surface area contributed by atoms with Crippen LogP contribution in [0.15, 0.2) is 6.20 Å².